The molecule has 2 aliphatic heterocycles. The van der Waals surface area contributed by atoms with Crippen LogP contribution in [-0.2, 0) is 4.79 Å². The zero-order valence-corrected chi connectivity index (χ0v) is 13.6. The maximum Gasteiger partial charge on any atom is 0.226 e. The highest BCUT2D eigenvalue weighted by molar-refractivity contribution is 5.83. The van der Waals surface area contributed by atoms with Crippen molar-refractivity contribution in [1.82, 2.24) is 9.80 Å². The molecular formula is C19H25FN2O. The van der Waals surface area contributed by atoms with Gasteiger partial charge >= 0.3 is 0 Å². The Morgan fingerprint density at radius 3 is 2.78 bits per heavy atom. The minimum atomic E-state index is -0.200. The minimum Gasteiger partial charge on any atom is -0.338 e. The van der Waals surface area contributed by atoms with Crippen molar-refractivity contribution in [2.24, 2.45) is 5.92 Å². The van der Waals surface area contributed by atoms with E-state index in [1.807, 2.05) is 6.07 Å². The van der Waals surface area contributed by atoms with Gasteiger partial charge in [-0.2, -0.15) is 0 Å². The van der Waals surface area contributed by atoms with Gasteiger partial charge in [-0.25, -0.2) is 4.39 Å². The molecule has 0 aromatic heterocycles. The summed E-state index contributed by atoms with van der Waals surface area (Å²) in [6, 6.07) is 7.15. The SMILES string of the molecule is O=C([C@@H]1C[C@@H]1c1cccc(F)c1)N1CCC[C@@H]1CN1CCCC1. The molecule has 3 fully saturated rings. The molecule has 4 rings (SSSR count). The summed E-state index contributed by atoms with van der Waals surface area (Å²) in [5, 5.41) is 0. The van der Waals surface area contributed by atoms with Crippen LogP contribution in [-0.4, -0.2) is 47.9 Å². The van der Waals surface area contributed by atoms with Crippen LogP contribution in [0.3, 0.4) is 0 Å². The average Bonchev–Trinajstić information content (AvgIpc) is 2.94. The third kappa shape index (κ3) is 3.14. The van der Waals surface area contributed by atoms with Crippen molar-refractivity contribution in [3.8, 4) is 0 Å². The van der Waals surface area contributed by atoms with Gasteiger partial charge in [0.2, 0.25) is 5.91 Å². The molecule has 4 heteroatoms. The fourth-order valence-corrected chi connectivity index (χ4v) is 4.37. The highest BCUT2D eigenvalue weighted by Gasteiger charge is 2.47. The summed E-state index contributed by atoms with van der Waals surface area (Å²) < 4.78 is 13.4. The first-order chi connectivity index (χ1) is 11.2. The highest BCUT2D eigenvalue weighted by Crippen LogP contribution is 2.49. The molecule has 2 heterocycles. The fourth-order valence-electron chi connectivity index (χ4n) is 4.37. The van der Waals surface area contributed by atoms with Crippen molar-refractivity contribution in [3.05, 3.63) is 35.6 Å². The van der Waals surface area contributed by atoms with Crippen LogP contribution in [0.4, 0.5) is 4.39 Å². The summed E-state index contributed by atoms with van der Waals surface area (Å²) in [5.74, 6) is 0.414. The number of carbonyl (C=O) groups is 1. The predicted molar refractivity (Wildman–Crippen MR) is 87.7 cm³/mol. The molecule has 3 aliphatic rings. The van der Waals surface area contributed by atoms with E-state index < -0.39 is 0 Å². The Kier molecular flexibility index (Phi) is 4.10. The van der Waals surface area contributed by atoms with E-state index in [4.69, 9.17) is 0 Å². The Hall–Kier alpha value is -1.42. The van der Waals surface area contributed by atoms with Crippen LogP contribution in [0.2, 0.25) is 0 Å². The summed E-state index contributed by atoms with van der Waals surface area (Å²) in [4.78, 5) is 17.5. The Labute approximate surface area is 137 Å². The van der Waals surface area contributed by atoms with Crippen molar-refractivity contribution in [1.29, 1.82) is 0 Å². The van der Waals surface area contributed by atoms with E-state index in [9.17, 15) is 9.18 Å². The lowest BCUT2D eigenvalue weighted by molar-refractivity contribution is -0.133. The van der Waals surface area contributed by atoms with Crippen LogP contribution < -0.4 is 0 Å². The van der Waals surface area contributed by atoms with Gasteiger partial charge in [-0.15, -0.1) is 0 Å². The van der Waals surface area contributed by atoms with Gasteiger partial charge in [-0.05, 0) is 68.8 Å². The van der Waals surface area contributed by atoms with E-state index in [2.05, 4.69) is 9.80 Å². The topological polar surface area (TPSA) is 23.6 Å². The number of hydrogen-bond donors (Lipinski definition) is 0. The lowest BCUT2D eigenvalue weighted by atomic mass is 10.1. The molecule has 1 aromatic carbocycles. The van der Waals surface area contributed by atoms with E-state index in [0.717, 1.165) is 37.9 Å². The number of benzene rings is 1. The molecule has 2 saturated heterocycles. The van der Waals surface area contributed by atoms with Gasteiger partial charge in [0.15, 0.2) is 0 Å². The summed E-state index contributed by atoms with van der Waals surface area (Å²) in [6.07, 6.45) is 5.74. The zero-order valence-electron chi connectivity index (χ0n) is 13.6. The third-order valence-corrected chi connectivity index (χ3v) is 5.71. The first-order valence-electron chi connectivity index (χ1n) is 9.00. The maximum absolute atomic E-state index is 13.4. The van der Waals surface area contributed by atoms with Crippen LogP contribution in [0.25, 0.3) is 0 Å². The molecule has 0 radical (unpaired) electrons. The molecule has 0 bridgehead atoms. The van der Waals surface area contributed by atoms with Gasteiger partial charge in [0.25, 0.3) is 0 Å². The van der Waals surface area contributed by atoms with Crippen LogP contribution in [0.5, 0.6) is 0 Å². The zero-order chi connectivity index (χ0) is 15.8. The van der Waals surface area contributed by atoms with Gasteiger partial charge in [-0.1, -0.05) is 12.1 Å². The van der Waals surface area contributed by atoms with E-state index in [-0.39, 0.29) is 17.7 Å². The Morgan fingerprint density at radius 2 is 2.00 bits per heavy atom. The Balaban J connectivity index is 1.39. The highest BCUT2D eigenvalue weighted by atomic mass is 19.1. The van der Waals surface area contributed by atoms with E-state index in [0.29, 0.717) is 11.9 Å². The van der Waals surface area contributed by atoms with Gasteiger partial charge in [-0.3, -0.25) is 4.79 Å². The molecule has 124 valence electrons. The Morgan fingerprint density at radius 1 is 1.17 bits per heavy atom. The molecular weight excluding hydrogens is 291 g/mol. The summed E-state index contributed by atoms with van der Waals surface area (Å²) >= 11 is 0. The number of likely N-dealkylation sites (tertiary alicyclic amines) is 2. The largest absolute Gasteiger partial charge is 0.338 e. The van der Waals surface area contributed by atoms with Crippen LogP contribution >= 0.6 is 0 Å². The number of halogens is 1. The summed E-state index contributed by atoms with van der Waals surface area (Å²) in [5.41, 5.74) is 0.985. The Bertz CT molecular complexity index is 584. The number of carbonyl (C=O) groups excluding carboxylic acids is 1. The molecule has 3 nitrogen and oxygen atoms in total. The van der Waals surface area contributed by atoms with Crippen LogP contribution in [0, 0.1) is 11.7 Å². The number of rotatable bonds is 4. The van der Waals surface area contributed by atoms with E-state index in [1.165, 1.54) is 32.0 Å². The monoisotopic (exact) mass is 316 g/mol. The summed E-state index contributed by atoms with van der Waals surface area (Å²) in [7, 11) is 0. The smallest absolute Gasteiger partial charge is 0.226 e. The molecule has 0 unspecified atom stereocenters. The molecule has 1 amide bonds. The second kappa shape index (κ2) is 6.23. The van der Waals surface area contributed by atoms with Crippen molar-refractivity contribution >= 4 is 5.91 Å². The number of nitrogens with zero attached hydrogens (tertiary/aromatic N) is 2. The van der Waals surface area contributed by atoms with Gasteiger partial charge in [0, 0.05) is 25.0 Å². The van der Waals surface area contributed by atoms with E-state index in [1.54, 1.807) is 12.1 Å². The standard InChI is InChI=1S/C19H25FN2O/c20-15-6-3-5-14(11-15)17-12-18(17)19(23)22-10-4-7-16(22)13-21-8-1-2-9-21/h3,5-6,11,16-18H,1-2,4,7-10,12-13H2/t16-,17-,18-/m1/s1. The van der Waals surface area contributed by atoms with Crippen molar-refractivity contribution in [2.45, 2.75) is 44.1 Å². The molecule has 0 N–H and O–H groups in total. The molecule has 0 spiro atoms. The number of hydrogen-bond acceptors (Lipinski definition) is 2. The quantitative estimate of drug-likeness (QED) is 0.852. The normalized spacial score (nSPS) is 30.8. The van der Waals surface area contributed by atoms with Crippen molar-refractivity contribution < 1.29 is 9.18 Å². The second-order valence-electron chi connectivity index (χ2n) is 7.34. The van der Waals surface area contributed by atoms with Crippen LogP contribution in [0.15, 0.2) is 24.3 Å². The first-order valence-corrected chi connectivity index (χ1v) is 9.00. The van der Waals surface area contributed by atoms with Gasteiger partial charge in [0.1, 0.15) is 5.82 Å². The lowest BCUT2D eigenvalue weighted by Crippen LogP contribution is -2.43. The molecule has 1 aromatic rings. The van der Waals surface area contributed by atoms with Crippen molar-refractivity contribution in [2.75, 3.05) is 26.2 Å². The predicted octanol–water partition coefficient (Wildman–Crippen LogP) is 3.02. The van der Waals surface area contributed by atoms with Gasteiger partial charge < -0.3 is 9.80 Å². The lowest BCUT2D eigenvalue weighted by Gasteiger charge is -2.28. The fraction of sp³-hybridized carbons (Fsp3) is 0.632. The molecule has 1 aliphatic carbocycles. The molecule has 23 heavy (non-hydrogen) atoms. The summed E-state index contributed by atoms with van der Waals surface area (Å²) in [6.45, 7) is 4.33. The van der Waals surface area contributed by atoms with E-state index >= 15 is 0 Å². The van der Waals surface area contributed by atoms with Crippen LogP contribution in [0.1, 0.15) is 43.6 Å². The molecule has 1 saturated carbocycles. The minimum absolute atomic E-state index is 0.0796. The van der Waals surface area contributed by atoms with Gasteiger partial charge in [0.05, 0.1) is 0 Å². The number of amides is 1. The maximum atomic E-state index is 13.4. The first kappa shape index (κ1) is 15.1. The second-order valence-corrected chi connectivity index (χ2v) is 7.34. The average molecular weight is 316 g/mol. The molecule has 3 atom stereocenters. The van der Waals surface area contributed by atoms with Crippen molar-refractivity contribution in [3.63, 3.8) is 0 Å². The third-order valence-electron chi connectivity index (χ3n) is 5.71.